The number of aromatic nitrogens is 1. The third-order valence-corrected chi connectivity index (χ3v) is 4.19. The van der Waals surface area contributed by atoms with Crippen LogP contribution in [0.25, 0.3) is 0 Å². The Balaban J connectivity index is 1.70. The number of rotatable bonds is 4. The Morgan fingerprint density at radius 2 is 2.28 bits per heavy atom. The monoisotopic (exact) mass is 266 g/mol. The predicted octanol–water partition coefficient (Wildman–Crippen LogP) is 2.10. The van der Waals surface area contributed by atoms with Crippen molar-refractivity contribution in [3.8, 4) is 0 Å². The zero-order valence-corrected chi connectivity index (χ0v) is 12.0. The second kappa shape index (κ2) is 6.73. The fourth-order valence-corrected chi connectivity index (χ4v) is 3.05. The van der Waals surface area contributed by atoms with Gasteiger partial charge in [-0.15, -0.1) is 11.3 Å². The van der Waals surface area contributed by atoms with Gasteiger partial charge in [-0.05, 0) is 19.8 Å². The summed E-state index contributed by atoms with van der Waals surface area (Å²) in [5, 5.41) is 8.03. The van der Waals surface area contributed by atoms with Gasteiger partial charge in [0.15, 0.2) is 5.96 Å². The van der Waals surface area contributed by atoms with E-state index < -0.39 is 0 Å². The molecule has 18 heavy (non-hydrogen) atoms. The van der Waals surface area contributed by atoms with E-state index in [1.165, 1.54) is 35.6 Å². The number of guanidine groups is 1. The van der Waals surface area contributed by atoms with Gasteiger partial charge in [0.05, 0.1) is 5.01 Å². The minimum atomic E-state index is 0.610. The van der Waals surface area contributed by atoms with Crippen LogP contribution >= 0.6 is 11.3 Å². The molecule has 0 radical (unpaired) electrons. The smallest absolute Gasteiger partial charge is 0.191 e. The maximum atomic E-state index is 4.36. The Morgan fingerprint density at radius 3 is 2.89 bits per heavy atom. The van der Waals surface area contributed by atoms with Gasteiger partial charge in [-0.25, -0.2) is 4.98 Å². The minimum Gasteiger partial charge on any atom is -0.356 e. The molecule has 1 heterocycles. The number of hydrogen-bond acceptors (Lipinski definition) is 3. The van der Waals surface area contributed by atoms with Crippen LogP contribution in [0.4, 0.5) is 0 Å². The number of aliphatic imine (C=N–C) groups is 1. The Bertz CT molecular complexity index is 393. The average molecular weight is 266 g/mol. The van der Waals surface area contributed by atoms with Crippen LogP contribution in [0.2, 0.25) is 0 Å². The highest BCUT2D eigenvalue weighted by Crippen LogP contribution is 2.17. The van der Waals surface area contributed by atoms with Crippen LogP contribution in [-0.4, -0.2) is 30.6 Å². The van der Waals surface area contributed by atoms with Gasteiger partial charge in [0.25, 0.3) is 0 Å². The average Bonchev–Trinajstić information content (AvgIpc) is 3.00. The molecular formula is C13H22N4S. The van der Waals surface area contributed by atoms with Gasteiger partial charge >= 0.3 is 0 Å². The molecule has 0 saturated heterocycles. The molecule has 1 aromatic rings. The summed E-state index contributed by atoms with van der Waals surface area (Å²) in [5.41, 5.74) is 0. The van der Waals surface area contributed by atoms with E-state index in [2.05, 4.69) is 27.5 Å². The van der Waals surface area contributed by atoms with Crippen molar-refractivity contribution in [1.29, 1.82) is 0 Å². The van der Waals surface area contributed by atoms with Gasteiger partial charge in [-0.1, -0.05) is 12.8 Å². The summed E-state index contributed by atoms with van der Waals surface area (Å²) in [7, 11) is 1.83. The van der Waals surface area contributed by atoms with Crippen molar-refractivity contribution in [2.45, 2.75) is 45.1 Å². The molecule has 100 valence electrons. The fraction of sp³-hybridized carbons (Fsp3) is 0.692. The lowest BCUT2D eigenvalue weighted by Crippen LogP contribution is -2.42. The van der Waals surface area contributed by atoms with E-state index in [9.17, 15) is 0 Å². The highest BCUT2D eigenvalue weighted by Gasteiger charge is 2.15. The first-order valence-electron chi connectivity index (χ1n) is 6.66. The second-order valence-electron chi connectivity index (χ2n) is 4.74. The third kappa shape index (κ3) is 3.98. The molecule has 1 aromatic heterocycles. The van der Waals surface area contributed by atoms with E-state index in [1.807, 2.05) is 13.2 Å². The number of nitrogens with one attached hydrogen (secondary N) is 2. The number of aryl methyl sites for hydroxylation is 1. The molecule has 0 bridgehead atoms. The molecule has 0 atom stereocenters. The fourth-order valence-electron chi connectivity index (χ4n) is 2.26. The molecule has 0 amide bonds. The Labute approximate surface area is 113 Å². The molecule has 0 unspecified atom stereocenters. The molecule has 4 nitrogen and oxygen atoms in total. The van der Waals surface area contributed by atoms with Crippen LogP contribution in [0.15, 0.2) is 11.2 Å². The van der Waals surface area contributed by atoms with Gasteiger partial charge in [-0.3, -0.25) is 4.99 Å². The molecule has 1 aliphatic carbocycles. The number of hydrogen-bond donors (Lipinski definition) is 2. The zero-order valence-electron chi connectivity index (χ0n) is 11.2. The minimum absolute atomic E-state index is 0.610. The quantitative estimate of drug-likeness (QED) is 0.648. The molecule has 1 aliphatic rings. The van der Waals surface area contributed by atoms with Crippen LogP contribution in [0.1, 0.15) is 35.6 Å². The number of nitrogens with zero attached hydrogens (tertiary/aromatic N) is 2. The molecule has 1 saturated carbocycles. The van der Waals surface area contributed by atoms with Crippen LogP contribution in [0, 0.1) is 6.92 Å². The summed E-state index contributed by atoms with van der Waals surface area (Å²) in [6, 6.07) is 0.610. The van der Waals surface area contributed by atoms with Crippen molar-refractivity contribution in [3.05, 3.63) is 16.1 Å². The molecule has 5 heteroatoms. The maximum Gasteiger partial charge on any atom is 0.191 e. The lowest BCUT2D eigenvalue weighted by molar-refractivity contribution is 0.613. The van der Waals surface area contributed by atoms with Gasteiger partial charge < -0.3 is 10.6 Å². The van der Waals surface area contributed by atoms with E-state index in [4.69, 9.17) is 0 Å². The van der Waals surface area contributed by atoms with Crippen LogP contribution < -0.4 is 10.6 Å². The largest absolute Gasteiger partial charge is 0.356 e. The molecular weight excluding hydrogens is 244 g/mol. The lowest BCUT2D eigenvalue weighted by Gasteiger charge is -2.16. The zero-order chi connectivity index (χ0) is 12.8. The van der Waals surface area contributed by atoms with Gasteiger partial charge in [-0.2, -0.15) is 0 Å². The van der Waals surface area contributed by atoms with Crippen molar-refractivity contribution in [2.75, 3.05) is 13.6 Å². The molecule has 2 rings (SSSR count). The maximum absolute atomic E-state index is 4.36. The molecule has 1 fully saturated rings. The van der Waals surface area contributed by atoms with Crippen molar-refractivity contribution in [1.82, 2.24) is 15.6 Å². The SMILES string of the molecule is CN=C(NCCc1ncc(C)s1)NC1CCCC1. The third-order valence-electron chi connectivity index (χ3n) is 3.22. The van der Waals surface area contributed by atoms with Gasteiger partial charge in [0.2, 0.25) is 0 Å². The van der Waals surface area contributed by atoms with Crippen molar-refractivity contribution in [3.63, 3.8) is 0 Å². The number of thiazole rings is 1. The van der Waals surface area contributed by atoms with E-state index in [1.54, 1.807) is 11.3 Å². The van der Waals surface area contributed by atoms with Gasteiger partial charge in [0.1, 0.15) is 0 Å². The summed E-state index contributed by atoms with van der Waals surface area (Å²) in [4.78, 5) is 9.90. The highest BCUT2D eigenvalue weighted by atomic mass is 32.1. The predicted molar refractivity (Wildman–Crippen MR) is 77.3 cm³/mol. The first-order valence-corrected chi connectivity index (χ1v) is 7.48. The standard InChI is InChI=1S/C13H22N4S/c1-10-9-16-12(18-10)7-8-15-13(14-2)17-11-5-3-4-6-11/h9,11H,3-8H2,1-2H3,(H2,14,15,17). The Kier molecular flexibility index (Phi) is 4.99. The highest BCUT2D eigenvalue weighted by molar-refractivity contribution is 7.11. The van der Waals surface area contributed by atoms with Crippen LogP contribution in [0.5, 0.6) is 0 Å². The van der Waals surface area contributed by atoms with Crippen LogP contribution in [-0.2, 0) is 6.42 Å². The Hall–Kier alpha value is -1.10. The van der Waals surface area contributed by atoms with E-state index in [-0.39, 0.29) is 0 Å². The van der Waals surface area contributed by atoms with Crippen molar-refractivity contribution in [2.24, 2.45) is 4.99 Å². The topological polar surface area (TPSA) is 49.3 Å². The lowest BCUT2D eigenvalue weighted by atomic mass is 10.2. The van der Waals surface area contributed by atoms with E-state index in [0.717, 1.165) is 18.9 Å². The van der Waals surface area contributed by atoms with E-state index >= 15 is 0 Å². The summed E-state index contributed by atoms with van der Waals surface area (Å²) < 4.78 is 0. The first kappa shape index (κ1) is 13.3. The summed E-state index contributed by atoms with van der Waals surface area (Å²) in [5.74, 6) is 0.926. The summed E-state index contributed by atoms with van der Waals surface area (Å²) in [6.07, 6.45) is 8.12. The van der Waals surface area contributed by atoms with Crippen LogP contribution in [0.3, 0.4) is 0 Å². The van der Waals surface area contributed by atoms with Gasteiger partial charge in [0, 0.05) is 37.1 Å². The van der Waals surface area contributed by atoms with Crippen molar-refractivity contribution >= 4 is 17.3 Å². The molecule has 0 spiro atoms. The Morgan fingerprint density at radius 1 is 1.50 bits per heavy atom. The second-order valence-corrected chi connectivity index (χ2v) is 6.06. The summed E-state index contributed by atoms with van der Waals surface area (Å²) in [6.45, 7) is 2.98. The summed E-state index contributed by atoms with van der Waals surface area (Å²) >= 11 is 1.77. The first-order chi connectivity index (χ1) is 8.78. The molecule has 2 N–H and O–H groups in total. The molecule has 0 aliphatic heterocycles. The van der Waals surface area contributed by atoms with E-state index in [0.29, 0.717) is 6.04 Å². The van der Waals surface area contributed by atoms with Crippen molar-refractivity contribution < 1.29 is 0 Å². The molecule has 0 aromatic carbocycles. The normalized spacial score (nSPS) is 17.1.